The van der Waals surface area contributed by atoms with E-state index in [1.807, 2.05) is 24.3 Å². The molecule has 1 N–H and O–H groups in total. The molecule has 0 heterocycles. The summed E-state index contributed by atoms with van der Waals surface area (Å²) in [6.45, 7) is 0. The van der Waals surface area contributed by atoms with Crippen LogP contribution in [0, 0.1) is 0 Å². The molecule has 78 valence electrons. The fraction of sp³-hybridized carbons (Fsp3) is 0.400. The van der Waals surface area contributed by atoms with Gasteiger partial charge in [0.15, 0.2) is 0 Å². The van der Waals surface area contributed by atoms with Crippen LogP contribution in [0.25, 0.3) is 0 Å². The zero-order chi connectivity index (χ0) is 10.2. The summed E-state index contributed by atoms with van der Waals surface area (Å²) in [4.78, 5) is 0. The van der Waals surface area contributed by atoms with Crippen LogP contribution in [-0.4, -0.2) is 47.8 Å². The minimum atomic E-state index is -3.87. The average Bonchev–Trinajstić information content (AvgIpc) is 2.16. The molecule has 0 spiro atoms. The number of fused-ring (bicyclic) bond motifs is 1. The molecule has 0 saturated carbocycles. The standard InChI is InChI=1S/C10H12O3S.Na.H/c11-14(12,13)10-6-5-8-3-1-2-4-9(8)7-10;;/h1-4,10H,5-7H2,(H,11,12,13);;. The van der Waals surface area contributed by atoms with E-state index in [-0.39, 0.29) is 29.6 Å². The van der Waals surface area contributed by atoms with Gasteiger partial charge in [0.25, 0.3) is 10.1 Å². The van der Waals surface area contributed by atoms with Gasteiger partial charge in [0, 0.05) is 0 Å². The van der Waals surface area contributed by atoms with E-state index in [2.05, 4.69) is 0 Å². The normalized spacial score (nSPS) is 20.2. The number of hydrogen-bond acceptors (Lipinski definition) is 2. The van der Waals surface area contributed by atoms with Gasteiger partial charge in [-0.15, -0.1) is 0 Å². The van der Waals surface area contributed by atoms with Gasteiger partial charge < -0.3 is 0 Å². The molecule has 0 aliphatic heterocycles. The Kier molecular flexibility index (Phi) is 4.38. The van der Waals surface area contributed by atoms with Crippen molar-refractivity contribution in [3.8, 4) is 0 Å². The second-order valence-corrected chi connectivity index (χ2v) is 5.35. The zero-order valence-corrected chi connectivity index (χ0v) is 8.50. The van der Waals surface area contributed by atoms with Crippen LogP contribution in [0.3, 0.4) is 0 Å². The number of benzene rings is 1. The maximum atomic E-state index is 11.0. The van der Waals surface area contributed by atoms with Crippen LogP contribution in [0.5, 0.6) is 0 Å². The maximum absolute atomic E-state index is 11.0. The first-order valence-electron chi connectivity index (χ1n) is 4.60. The molecule has 1 aromatic carbocycles. The van der Waals surface area contributed by atoms with Gasteiger partial charge in [0.2, 0.25) is 0 Å². The molecule has 0 fully saturated rings. The first kappa shape index (κ1) is 13.2. The molecule has 0 amide bonds. The van der Waals surface area contributed by atoms with Crippen molar-refractivity contribution < 1.29 is 13.0 Å². The van der Waals surface area contributed by atoms with E-state index in [1.54, 1.807) is 0 Å². The summed E-state index contributed by atoms with van der Waals surface area (Å²) in [5, 5.41) is -0.614. The van der Waals surface area contributed by atoms with Gasteiger partial charge in [-0.25, -0.2) is 0 Å². The molecule has 0 aromatic heterocycles. The van der Waals surface area contributed by atoms with Crippen molar-refractivity contribution in [1.82, 2.24) is 0 Å². The minimum absolute atomic E-state index is 0. The van der Waals surface area contributed by atoms with Crippen LogP contribution in [0.15, 0.2) is 24.3 Å². The first-order chi connectivity index (χ1) is 6.57. The topological polar surface area (TPSA) is 54.4 Å². The van der Waals surface area contributed by atoms with E-state index in [9.17, 15) is 8.42 Å². The molecule has 1 atom stereocenters. The van der Waals surface area contributed by atoms with Gasteiger partial charge in [-0.3, -0.25) is 4.55 Å². The van der Waals surface area contributed by atoms with Crippen LogP contribution in [0.1, 0.15) is 17.5 Å². The van der Waals surface area contributed by atoms with Gasteiger partial charge in [-0.1, -0.05) is 24.3 Å². The molecule has 1 unspecified atom stereocenters. The molecule has 0 radical (unpaired) electrons. The molecule has 1 aliphatic rings. The van der Waals surface area contributed by atoms with Crippen molar-refractivity contribution in [3.63, 3.8) is 0 Å². The Balaban J connectivity index is 0.00000112. The van der Waals surface area contributed by atoms with Crippen LogP contribution in [0.2, 0.25) is 0 Å². The SMILES string of the molecule is O=S(=O)(O)C1CCc2ccccc2C1.[NaH]. The predicted molar refractivity (Wildman–Crippen MR) is 61.0 cm³/mol. The molecule has 0 saturated heterocycles. The van der Waals surface area contributed by atoms with Crippen molar-refractivity contribution in [1.29, 1.82) is 0 Å². The van der Waals surface area contributed by atoms with Gasteiger partial charge in [0.05, 0.1) is 5.25 Å². The van der Waals surface area contributed by atoms with E-state index in [0.717, 1.165) is 12.0 Å². The molecule has 5 heteroatoms. The van der Waals surface area contributed by atoms with Gasteiger partial charge >= 0.3 is 29.6 Å². The quantitative estimate of drug-likeness (QED) is 0.579. The fourth-order valence-electron chi connectivity index (χ4n) is 1.92. The Morgan fingerprint density at radius 3 is 2.40 bits per heavy atom. The number of hydrogen-bond donors (Lipinski definition) is 1. The van der Waals surface area contributed by atoms with Crippen molar-refractivity contribution in [2.75, 3.05) is 0 Å². The summed E-state index contributed by atoms with van der Waals surface area (Å²) in [5.74, 6) is 0. The Hall–Kier alpha value is 0.130. The van der Waals surface area contributed by atoms with E-state index >= 15 is 0 Å². The Morgan fingerprint density at radius 2 is 1.80 bits per heavy atom. The summed E-state index contributed by atoms with van der Waals surface area (Å²) in [6.07, 6.45) is 1.70. The van der Waals surface area contributed by atoms with Crippen molar-refractivity contribution in [2.45, 2.75) is 24.5 Å². The van der Waals surface area contributed by atoms with Crippen molar-refractivity contribution in [2.24, 2.45) is 0 Å². The molecule has 15 heavy (non-hydrogen) atoms. The summed E-state index contributed by atoms with van der Waals surface area (Å²) in [5.41, 5.74) is 2.24. The summed E-state index contributed by atoms with van der Waals surface area (Å²) in [6, 6.07) is 7.78. The Bertz CT molecular complexity index is 442. The summed E-state index contributed by atoms with van der Waals surface area (Å²) in [7, 11) is -3.87. The monoisotopic (exact) mass is 236 g/mol. The summed E-state index contributed by atoms with van der Waals surface area (Å²) < 4.78 is 30.8. The zero-order valence-electron chi connectivity index (χ0n) is 7.68. The van der Waals surface area contributed by atoms with E-state index in [0.29, 0.717) is 12.8 Å². The Labute approximate surface area is 112 Å². The van der Waals surface area contributed by atoms with E-state index in [4.69, 9.17) is 4.55 Å². The van der Waals surface area contributed by atoms with Crippen molar-refractivity contribution in [3.05, 3.63) is 35.4 Å². The Morgan fingerprint density at radius 1 is 1.20 bits per heavy atom. The molecular formula is C10H13NaO3S. The van der Waals surface area contributed by atoms with E-state index < -0.39 is 15.4 Å². The molecular weight excluding hydrogens is 223 g/mol. The number of rotatable bonds is 1. The fourth-order valence-corrected chi connectivity index (χ4v) is 2.72. The second-order valence-electron chi connectivity index (χ2n) is 3.65. The first-order valence-corrected chi connectivity index (χ1v) is 6.11. The van der Waals surface area contributed by atoms with Crippen LogP contribution in [-0.2, 0) is 23.0 Å². The van der Waals surface area contributed by atoms with Gasteiger partial charge in [0.1, 0.15) is 0 Å². The molecule has 2 rings (SSSR count). The van der Waals surface area contributed by atoms with Crippen LogP contribution < -0.4 is 0 Å². The average molecular weight is 236 g/mol. The number of aryl methyl sites for hydroxylation is 1. The molecule has 1 aromatic rings. The van der Waals surface area contributed by atoms with Gasteiger partial charge in [-0.2, -0.15) is 8.42 Å². The molecule has 3 nitrogen and oxygen atoms in total. The second kappa shape index (κ2) is 4.97. The third kappa shape index (κ3) is 3.04. The van der Waals surface area contributed by atoms with Crippen LogP contribution in [0.4, 0.5) is 0 Å². The van der Waals surface area contributed by atoms with Crippen LogP contribution >= 0.6 is 0 Å². The third-order valence-electron chi connectivity index (χ3n) is 2.72. The molecule has 1 aliphatic carbocycles. The van der Waals surface area contributed by atoms with E-state index in [1.165, 1.54) is 5.56 Å². The predicted octanol–water partition coefficient (Wildman–Crippen LogP) is 0.783. The summed E-state index contributed by atoms with van der Waals surface area (Å²) >= 11 is 0. The third-order valence-corrected chi connectivity index (χ3v) is 3.97. The van der Waals surface area contributed by atoms with Gasteiger partial charge in [-0.05, 0) is 30.4 Å². The molecule has 0 bridgehead atoms. The van der Waals surface area contributed by atoms with Crippen molar-refractivity contribution >= 4 is 39.7 Å².